The maximum absolute atomic E-state index is 5.63. The van der Waals surface area contributed by atoms with E-state index in [1.165, 1.54) is 11.5 Å². The van der Waals surface area contributed by atoms with Crippen molar-refractivity contribution in [1.29, 1.82) is 0 Å². The highest BCUT2D eigenvalue weighted by Gasteiger charge is 2.03. The van der Waals surface area contributed by atoms with Gasteiger partial charge in [-0.3, -0.25) is 0 Å². The smallest absolute Gasteiger partial charge is 0.202 e. The molecule has 1 unspecified atom stereocenters. The molecule has 0 radical (unpaired) electrons. The van der Waals surface area contributed by atoms with Crippen molar-refractivity contribution in [3.05, 3.63) is 5.82 Å². The lowest BCUT2D eigenvalue weighted by Crippen LogP contribution is -2.11. The minimum atomic E-state index is 0.585. The fraction of sp³-hybridized carbons (Fsp3) is 0.750. The van der Waals surface area contributed by atoms with Crippen LogP contribution in [0.3, 0.4) is 0 Å². The SMILES string of the molecule is Cc1nsc(NCC(C)CCCl)n1. The molecule has 5 heteroatoms. The van der Waals surface area contributed by atoms with E-state index in [1.807, 2.05) is 6.92 Å². The molecule has 1 atom stereocenters. The molecule has 1 N–H and O–H groups in total. The van der Waals surface area contributed by atoms with Crippen LogP contribution < -0.4 is 5.32 Å². The van der Waals surface area contributed by atoms with Gasteiger partial charge in [-0.1, -0.05) is 6.92 Å². The van der Waals surface area contributed by atoms with E-state index in [-0.39, 0.29) is 0 Å². The maximum Gasteiger partial charge on any atom is 0.202 e. The zero-order valence-corrected chi connectivity index (χ0v) is 9.45. The molecule has 0 aliphatic rings. The van der Waals surface area contributed by atoms with Gasteiger partial charge in [0.05, 0.1) is 0 Å². The second kappa shape index (κ2) is 5.40. The maximum atomic E-state index is 5.63. The van der Waals surface area contributed by atoms with Crippen LogP contribution in [-0.4, -0.2) is 21.8 Å². The molecule has 3 nitrogen and oxygen atoms in total. The Labute approximate surface area is 87.7 Å². The van der Waals surface area contributed by atoms with Gasteiger partial charge in [-0.05, 0) is 19.3 Å². The number of anilines is 1. The standard InChI is InChI=1S/C8H14ClN3S/c1-6(3-4-9)5-10-8-11-7(2)12-13-8/h6H,3-5H2,1-2H3,(H,10,11,12). The van der Waals surface area contributed by atoms with Crippen molar-refractivity contribution in [3.63, 3.8) is 0 Å². The number of aryl methyl sites for hydroxylation is 1. The number of aromatic nitrogens is 2. The van der Waals surface area contributed by atoms with Crippen LogP contribution in [0.15, 0.2) is 0 Å². The third-order valence-corrected chi connectivity index (χ3v) is 2.71. The van der Waals surface area contributed by atoms with Crippen molar-refractivity contribution in [2.24, 2.45) is 5.92 Å². The first-order valence-corrected chi connectivity index (χ1v) is 5.63. The van der Waals surface area contributed by atoms with Crippen LogP contribution in [0.1, 0.15) is 19.2 Å². The first-order valence-electron chi connectivity index (χ1n) is 4.32. The number of nitrogens with zero attached hydrogens (tertiary/aromatic N) is 2. The fourth-order valence-corrected chi connectivity index (χ4v) is 1.87. The first-order chi connectivity index (χ1) is 6.22. The van der Waals surface area contributed by atoms with Crippen molar-refractivity contribution in [1.82, 2.24) is 9.36 Å². The number of nitrogens with one attached hydrogen (secondary N) is 1. The van der Waals surface area contributed by atoms with Gasteiger partial charge in [0.1, 0.15) is 5.82 Å². The van der Waals surface area contributed by atoms with E-state index in [9.17, 15) is 0 Å². The predicted octanol–water partition coefficient (Wildman–Crippen LogP) is 2.52. The highest BCUT2D eigenvalue weighted by Crippen LogP contribution is 2.11. The van der Waals surface area contributed by atoms with Crippen LogP contribution in [0, 0.1) is 12.8 Å². The number of hydrogen-bond acceptors (Lipinski definition) is 4. The van der Waals surface area contributed by atoms with E-state index < -0.39 is 0 Å². The van der Waals surface area contributed by atoms with E-state index >= 15 is 0 Å². The van der Waals surface area contributed by atoms with Crippen molar-refractivity contribution < 1.29 is 0 Å². The number of halogens is 1. The summed E-state index contributed by atoms with van der Waals surface area (Å²) in [6, 6.07) is 0. The monoisotopic (exact) mass is 219 g/mol. The van der Waals surface area contributed by atoms with Gasteiger partial charge in [0.25, 0.3) is 0 Å². The Morgan fingerprint density at radius 3 is 2.92 bits per heavy atom. The number of alkyl halides is 1. The Balaban J connectivity index is 2.26. The van der Waals surface area contributed by atoms with Gasteiger partial charge in [-0.15, -0.1) is 11.6 Å². The summed E-state index contributed by atoms with van der Waals surface area (Å²) in [7, 11) is 0. The Morgan fingerprint density at radius 2 is 2.38 bits per heavy atom. The summed E-state index contributed by atoms with van der Waals surface area (Å²) in [5.41, 5.74) is 0. The number of rotatable bonds is 5. The summed E-state index contributed by atoms with van der Waals surface area (Å²) < 4.78 is 4.08. The molecular formula is C8H14ClN3S. The zero-order valence-electron chi connectivity index (χ0n) is 7.88. The second-order valence-electron chi connectivity index (χ2n) is 3.11. The van der Waals surface area contributed by atoms with Crippen molar-refractivity contribution in [3.8, 4) is 0 Å². The summed E-state index contributed by atoms with van der Waals surface area (Å²) in [5, 5.41) is 4.14. The van der Waals surface area contributed by atoms with E-state index in [0.29, 0.717) is 5.92 Å². The summed E-state index contributed by atoms with van der Waals surface area (Å²) in [6.07, 6.45) is 1.03. The average Bonchev–Trinajstić information content (AvgIpc) is 2.49. The van der Waals surface area contributed by atoms with Gasteiger partial charge in [-0.25, -0.2) is 4.98 Å². The van der Waals surface area contributed by atoms with Gasteiger partial charge in [0.15, 0.2) is 0 Å². The van der Waals surface area contributed by atoms with Crippen molar-refractivity contribution >= 4 is 28.3 Å². The van der Waals surface area contributed by atoms with Crippen LogP contribution in [0.4, 0.5) is 5.13 Å². The molecule has 1 aromatic rings. The summed E-state index contributed by atoms with van der Waals surface area (Å²) in [6.45, 7) is 4.98. The molecule has 0 aliphatic carbocycles. The Bertz CT molecular complexity index is 251. The quantitative estimate of drug-likeness (QED) is 0.774. The van der Waals surface area contributed by atoms with Crippen molar-refractivity contribution in [2.75, 3.05) is 17.7 Å². The highest BCUT2D eigenvalue weighted by molar-refractivity contribution is 7.09. The molecule has 0 saturated heterocycles. The summed E-state index contributed by atoms with van der Waals surface area (Å²) in [4.78, 5) is 4.21. The molecule has 0 saturated carbocycles. The molecule has 0 spiro atoms. The molecule has 13 heavy (non-hydrogen) atoms. The molecule has 0 amide bonds. The summed E-state index contributed by atoms with van der Waals surface area (Å²) >= 11 is 7.03. The van der Waals surface area contributed by atoms with Crippen LogP contribution in [-0.2, 0) is 0 Å². The Morgan fingerprint density at radius 1 is 1.62 bits per heavy atom. The van der Waals surface area contributed by atoms with Gasteiger partial charge in [0.2, 0.25) is 5.13 Å². The van der Waals surface area contributed by atoms with Crippen LogP contribution in [0.5, 0.6) is 0 Å². The minimum Gasteiger partial charge on any atom is -0.360 e. The minimum absolute atomic E-state index is 0.585. The van der Waals surface area contributed by atoms with Crippen LogP contribution in [0.25, 0.3) is 0 Å². The topological polar surface area (TPSA) is 37.8 Å². The molecule has 0 bridgehead atoms. The Kier molecular flexibility index (Phi) is 4.45. The molecule has 0 fully saturated rings. The molecule has 1 heterocycles. The zero-order chi connectivity index (χ0) is 9.68. The van der Waals surface area contributed by atoms with Gasteiger partial charge >= 0.3 is 0 Å². The molecule has 74 valence electrons. The average molecular weight is 220 g/mol. The molecule has 1 rings (SSSR count). The largest absolute Gasteiger partial charge is 0.360 e. The molecule has 0 aromatic carbocycles. The van der Waals surface area contributed by atoms with E-state index in [0.717, 1.165) is 29.8 Å². The third kappa shape index (κ3) is 3.91. The lowest BCUT2D eigenvalue weighted by molar-refractivity contribution is 0.597. The number of hydrogen-bond donors (Lipinski definition) is 1. The predicted molar refractivity (Wildman–Crippen MR) is 57.6 cm³/mol. The molecular weight excluding hydrogens is 206 g/mol. The van der Waals surface area contributed by atoms with Gasteiger partial charge in [-0.2, -0.15) is 4.37 Å². The summed E-state index contributed by atoms with van der Waals surface area (Å²) in [5.74, 6) is 2.14. The Hall–Kier alpha value is -0.350. The van der Waals surface area contributed by atoms with E-state index in [2.05, 4.69) is 21.6 Å². The van der Waals surface area contributed by atoms with E-state index in [4.69, 9.17) is 11.6 Å². The normalized spacial score (nSPS) is 12.8. The molecule has 1 aromatic heterocycles. The van der Waals surface area contributed by atoms with Crippen LogP contribution in [0.2, 0.25) is 0 Å². The lowest BCUT2D eigenvalue weighted by atomic mass is 10.1. The second-order valence-corrected chi connectivity index (χ2v) is 4.24. The third-order valence-electron chi connectivity index (χ3n) is 1.73. The van der Waals surface area contributed by atoms with Gasteiger partial charge in [0, 0.05) is 24.0 Å². The van der Waals surface area contributed by atoms with Crippen LogP contribution >= 0.6 is 23.1 Å². The first kappa shape index (κ1) is 10.7. The lowest BCUT2D eigenvalue weighted by Gasteiger charge is -2.08. The van der Waals surface area contributed by atoms with E-state index in [1.54, 1.807) is 0 Å². The molecule has 0 aliphatic heterocycles. The van der Waals surface area contributed by atoms with Crippen molar-refractivity contribution in [2.45, 2.75) is 20.3 Å². The van der Waals surface area contributed by atoms with Gasteiger partial charge < -0.3 is 5.32 Å². The highest BCUT2D eigenvalue weighted by atomic mass is 35.5. The fourth-order valence-electron chi connectivity index (χ4n) is 0.919.